The van der Waals surface area contributed by atoms with Crippen LogP contribution in [0.5, 0.6) is 0 Å². The van der Waals surface area contributed by atoms with Crippen LogP contribution in [0, 0.1) is 0 Å². The third kappa shape index (κ3) is 6.15. The fourth-order valence-electron chi connectivity index (χ4n) is 3.05. The average Bonchev–Trinajstić information content (AvgIpc) is 2.98. The normalized spacial score (nSPS) is 23.3. The van der Waals surface area contributed by atoms with Crippen molar-refractivity contribution in [3.8, 4) is 0 Å². The van der Waals surface area contributed by atoms with Crippen molar-refractivity contribution in [1.29, 1.82) is 0 Å². The number of carbonyl (C=O) groups is 1. The van der Waals surface area contributed by atoms with Crippen LogP contribution in [-0.4, -0.2) is 23.8 Å². The van der Waals surface area contributed by atoms with Gasteiger partial charge in [-0.25, -0.2) is 4.79 Å². The van der Waals surface area contributed by atoms with Crippen molar-refractivity contribution in [2.45, 2.75) is 83.5 Å². The summed E-state index contributed by atoms with van der Waals surface area (Å²) in [6, 6.07) is 5.56. The fourth-order valence-corrected chi connectivity index (χ4v) is 3.92. The lowest BCUT2D eigenvalue weighted by molar-refractivity contribution is 0.0489. The van der Waals surface area contributed by atoms with Crippen molar-refractivity contribution >= 4 is 17.4 Å². The van der Waals surface area contributed by atoms with Crippen molar-refractivity contribution < 1.29 is 9.53 Å². The molecule has 1 saturated carbocycles. The molecule has 1 aliphatic rings. The quantitative estimate of drug-likeness (QED) is 0.823. The Morgan fingerprint density at radius 3 is 2.48 bits per heavy atom. The molecule has 0 radical (unpaired) electrons. The number of thiophene rings is 1. The summed E-state index contributed by atoms with van der Waals surface area (Å²) in [5.41, 5.74) is -0.433. The summed E-state index contributed by atoms with van der Waals surface area (Å²) in [6.45, 7) is 7.90. The number of carbonyl (C=O) groups excluding carboxylic acids is 1. The summed E-state index contributed by atoms with van der Waals surface area (Å²) in [5, 5.41) is 8.93. The molecule has 0 aromatic carbocycles. The lowest BCUT2D eigenvalue weighted by Crippen LogP contribution is -2.44. The zero-order chi connectivity index (χ0) is 16.9. The maximum Gasteiger partial charge on any atom is 0.407 e. The Hall–Kier alpha value is -1.07. The van der Waals surface area contributed by atoms with Gasteiger partial charge in [0.25, 0.3) is 0 Å². The van der Waals surface area contributed by atoms with Crippen LogP contribution in [0.3, 0.4) is 0 Å². The van der Waals surface area contributed by atoms with Crippen LogP contribution in [-0.2, 0) is 4.74 Å². The summed E-state index contributed by atoms with van der Waals surface area (Å²) in [5.74, 6) is 0. The standard InChI is InChI=1S/C18H30N2O2S/c1-5-15(16-7-6-12-23-16)19-13-8-10-14(11-9-13)20-17(21)22-18(2,3)4/h6-7,12-15,19H,5,8-11H2,1-4H3,(H,20,21). The minimum atomic E-state index is -0.433. The Bertz CT molecular complexity index is 474. The highest BCUT2D eigenvalue weighted by Gasteiger charge is 2.26. The minimum Gasteiger partial charge on any atom is -0.444 e. The molecule has 0 saturated heterocycles. The largest absolute Gasteiger partial charge is 0.444 e. The van der Waals surface area contributed by atoms with Crippen LogP contribution in [0.2, 0.25) is 0 Å². The van der Waals surface area contributed by atoms with E-state index in [1.807, 2.05) is 32.1 Å². The number of ether oxygens (including phenoxy) is 1. The van der Waals surface area contributed by atoms with Gasteiger partial charge in [0.2, 0.25) is 0 Å². The molecule has 0 aliphatic heterocycles. The number of rotatable bonds is 5. The Morgan fingerprint density at radius 2 is 1.96 bits per heavy atom. The van der Waals surface area contributed by atoms with E-state index in [4.69, 9.17) is 4.74 Å². The second-order valence-corrected chi connectivity index (χ2v) is 8.32. The number of alkyl carbamates (subject to hydrolysis) is 1. The Morgan fingerprint density at radius 1 is 1.30 bits per heavy atom. The van der Waals surface area contributed by atoms with Crippen molar-refractivity contribution in [3.05, 3.63) is 22.4 Å². The van der Waals surface area contributed by atoms with Gasteiger partial charge in [0, 0.05) is 23.0 Å². The first kappa shape index (κ1) is 18.3. The molecule has 1 aromatic rings. The van der Waals surface area contributed by atoms with E-state index >= 15 is 0 Å². The van der Waals surface area contributed by atoms with E-state index < -0.39 is 5.60 Å². The van der Waals surface area contributed by atoms with E-state index in [1.54, 1.807) is 0 Å². The van der Waals surface area contributed by atoms with E-state index in [1.165, 1.54) is 4.88 Å². The Balaban J connectivity index is 1.74. The molecule has 1 unspecified atom stereocenters. The first-order chi connectivity index (χ1) is 10.9. The topological polar surface area (TPSA) is 50.4 Å². The zero-order valence-electron chi connectivity index (χ0n) is 14.7. The van der Waals surface area contributed by atoms with Gasteiger partial charge in [0.05, 0.1) is 0 Å². The first-order valence-electron chi connectivity index (χ1n) is 8.66. The van der Waals surface area contributed by atoms with Crippen LogP contribution in [0.4, 0.5) is 4.79 Å². The van der Waals surface area contributed by atoms with Gasteiger partial charge >= 0.3 is 6.09 Å². The summed E-state index contributed by atoms with van der Waals surface area (Å²) in [7, 11) is 0. The molecule has 1 aromatic heterocycles. The number of hydrogen-bond acceptors (Lipinski definition) is 4. The predicted octanol–water partition coefficient (Wildman–Crippen LogP) is 4.62. The molecule has 2 rings (SSSR count). The predicted molar refractivity (Wildman–Crippen MR) is 95.9 cm³/mol. The van der Waals surface area contributed by atoms with Gasteiger partial charge in [-0.3, -0.25) is 0 Å². The van der Waals surface area contributed by atoms with E-state index in [0.717, 1.165) is 32.1 Å². The van der Waals surface area contributed by atoms with E-state index in [2.05, 4.69) is 35.1 Å². The van der Waals surface area contributed by atoms with Gasteiger partial charge in [0.15, 0.2) is 0 Å². The SMILES string of the molecule is CCC(NC1CCC(NC(=O)OC(C)(C)C)CC1)c1cccs1. The van der Waals surface area contributed by atoms with E-state index in [0.29, 0.717) is 12.1 Å². The van der Waals surface area contributed by atoms with E-state index in [-0.39, 0.29) is 12.1 Å². The summed E-state index contributed by atoms with van der Waals surface area (Å²) >= 11 is 1.82. The molecule has 1 aliphatic carbocycles. The molecular weight excluding hydrogens is 308 g/mol. The van der Waals surface area contributed by atoms with Crippen molar-refractivity contribution in [3.63, 3.8) is 0 Å². The van der Waals surface area contributed by atoms with Gasteiger partial charge in [-0.05, 0) is 64.3 Å². The molecule has 0 bridgehead atoms. The smallest absolute Gasteiger partial charge is 0.407 e. The van der Waals surface area contributed by atoms with Crippen molar-refractivity contribution in [2.24, 2.45) is 0 Å². The number of nitrogens with one attached hydrogen (secondary N) is 2. The summed E-state index contributed by atoms with van der Waals surface area (Å²) < 4.78 is 5.33. The molecule has 2 N–H and O–H groups in total. The van der Waals surface area contributed by atoms with Gasteiger partial charge in [-0.15, -0.1) is 11.3 Å². The van der Waals surface area contributed by atoms with Gasteiger partial charge in [-0.1, -0.05) is 13.0 Å². The van der Waals surface area contributed by atoms with E-state index in [9.17, 15) is 4.79 Å². The molecule has 1 fully saturated rings. The number of hydrogen-bond donors (Lipinski definition) is 2. The Labute approximate surface area is 144 Å². The maximum atomic E-state index is 11.8. The monoisotopic (exact) mass is 338 g/mol. The first-order valence-corrected chi connectivity index (χ1v) is 9.54. The third-order valence-electron chi connectivity index (χ3n) is 4.18. The Kier molecular flexibility index (Phi) is 6.48. The lowest BCUT2D eigenvalue weighted by Gasteiger charge is -2.32. The van der Waals surface area contributed by atoms with Crippen molar-refractivity contribution in [2.75, 3.05) is 0 Å². The minimum absolute atomic E-state index is 0.240. The second kappa shape index (κ2) is 8.15. The molecule has 23 heavy (non-hydrogen) atoms. The maximum absolute atomic E-state index is 11.8. The highest BCUT2D eigenvalue weighted by molar-refractivity contribution is 7.10. The van der Waals surface area contributed by atoms with Crippen LogP contribution in [0.15, 0.2) is 17.5 Å². The fraction of sp³-hybridized carbons (Fsp3) is 0.722. The van der Waals surface area contributed by atoms with Crippen LogP contribution in [0.25, 0.3) is 0 Å². The third-order valence-corrected chi connectivity index (χ3v) is 5.17. The highest BCUT2D eigenvalue weighted by atomic mass is 32.1. The second-order valence-electron chi connectivity index (χ2n) is 7.34. The average molecular weight is 339 g/mol. The van der Waals surface area contributed by atoms with Crippen LogP contribution >= 0.6 is 11.3 Å². The van der Waals surface area contributed by atoms with Gasteiger partial charge in [-0.2, -0.15) is 0 Å². The van der Waals surface area contributed by atoms with Crippen LogP contribution < -0.4 is 10.6 Å². The molecule has 5 heteroatoms. The molecular formula is C18H30N2O2S. The van der Waals surface area contributed by atoms with Gasteiger partial charge in [0.1, 0.15) is 5.60 Å². The number of amides is 1. The highest BCUT2D eigenvalue weighted by Crippen LogP contribution is 2.26. The summed E-state index contributed by atoms with van der Waals surface area (Å²) in [4.78, 5) is 13.3. The molecule has 0 spiro atoms. The summed E-state index contributed by atoms with van der Waals surface area (Å²) in [6.07, 6.45) is 5.04. The molecule has 1 heterocycles. The molecule has 1 amide bonds. The van der Waals surface area contributed by atoms with Gasteiger partial charge < -0.3 is 15.4 Å². The molecule has 1 atom stereocenters. The lowest BCUT2D eigenvalue weighted by atomic mass is 9.90. The van der Waals surface area contributed by atoms with Crippen LogP contribution in [0.1, 0.15) is 70.7 Å². The molecule has 4 nitrogen and oxygen atoms in total. The molecule has 130 valence electrons. The zero-order valence-corrected chi connectivity index (χ0v) is 15.5. The van der Waals surface area contributed by atoms with Crippen molar-refractivity contribution in [1.82, 2.24) is 10.6 Å².